The van der Waals surface area contributed by atoms with Crippen molar-refractivity contribution in [3.8, 4) is 6.07 Å². The van der Waals surface area contributed by atoms with Crippen molar-refractivity contribution in [2.24, 2.45) is 0 Å². The molecule has 0 aliphatic heterocycles. The summed E-state index contributed by atoms with van der Waals surface area (Å²) in [6.45, 7) is 8.10. The van der Waals surface area contributed by atoms with Gasteiger partial charge in [0.05, 0.1) is 0 Å². The fraction of sp³-hybridized carbons (Fsp3) is 0.238. The normalized spacial score (nSPS) is 11.1. The lowest BCUT2D eigenvalue weighted by molar-refractivity contribution is -0.112. The molecule has 0 saturated carbocycles. The SMILES string of the molecule is Cc1ccc(C)c(N/C=C(/C#N)C(=O)Nc2ccccc2C(C)C)c1. The summed E-state index contributed by atoms with van der Waals surface area (Å²) in [6, 6.07) is 15.6. The van der Waals surface area contributed by atoms with Crippen LogP contribution < -0.4 is 10.6 Å². The summed E-state index contributed by atoms with van der Waals surface area (Å²) in [5.41, 5.74) is 4.83. The summed E-state index contributed by atoms with van der Waals surface area (Å²) in [5, 5.41) is 15.2. The van der Waals surface area contributed by atoms with Crippen molar-refractivity contribution < 1.29 is 4.79 Å². The zero-order valence-electron chi connectivity index (χ0n) is 15.1. The zero-order chi connectivity index (χ0) is 18.4. The molecule has 4 nitrogen and oxygen atoms in total. The van der Waals surface area contributed by atoms with Crippen LogP contribution in [0.5, 0.6) is 0 Å². The minimum absolute atomic E-state index is 0.0273. The Morgan fingerprint density at radius 1 is 1.12 bits per heavy atom. The molecule has 1 amide bonds. The molecule has 0 atom stereocenters. The number of anilines is 2. The smallest absolute Gasteiger partial charge is 0.267 e. The van der Waals surface area contributed by atoms with Gasteiger partial charge in [0.1, 0.15) is 11.6 Å². The van der Waals surface area contributed by atoms with Gasteiger partial charge in [-0.2, -0.15) is 5.26 Å². The fourth-order valence-corrected chi connectivity index (χ4v) is 2.49. The van der Waals surface area contributed by atoms with E-state index in [1.807, 2.05) is 62.4 Å². The molecule has 2 aromatic carbocycles. The van der Waals surface area contributed by atoms with E-state index in [0.717, 1.165) is 28.1 Å². The third-order valence-corrected chi connectivity index (χ3v) is 3.96. The molecular weight excluding hydrogens is 310 g/mol. The van der Waals surface area contributed by atoms with E-state index in [4.69, 9.17) is 0 Å². The largest absolute Gasteiger partial charge is 0.360 e. The van der Waals surface area contributed by atoms with Gasteiger partial charge in [0, 0.05) is 17.6 Å². The molecule has 0 fully saturated rings. The Labute approximate surface area is 149 Å². The first-order valence-corrected chi connectivity index (χ1v) is 8.26. The lowest BCUT2D eigenvalue weighted by Gasteiger charge is -2.13. The molecule has 25 heavy (non-hydrogen) atoms. The van der Waals surface area contributed by atoms with Crippen LogP contribution in [0.4, 0.5) is 11.4 Å². The molecule has 0 bridgehead atoms. The van der Waals surface area contributed by atoms with E-state index in [0.29, 0.717) is 0 Å². The van der Waals surface area contributed by atoms with Crippen molar-refractivity contribution in [2.75, 3.05) is 10.6 Å². The third kappa shape index (κ3) is 4.71. The quantitative estimate of drug-likeness (QED) is 0.605. The minimum Gasteiger partial charge on any atom is -0.360 e. The Balaban J connectivity index is 2.19. The van der Waals surface area contributed by atoms with Crippen LogP contribution in [0.3, 0.4) is 0 Å². The van der Waals surface area contributed by atoms with E-state index in [9.17, 15) is 10.1 Å². The van der Waals surface area contributed by atoms with E-state index in [-0.39, 0.29) is 11.5 Å². The molecule has 0 aliphatic rings. The van der Waals surface area contributed by atoms with Gasteiger partial charge in [-0.25, -0.2) is 0 Å². The molecule has 0 saturated heterocycles. The van der Waals surface area contributed by atoms with Crippen LogP contribution in [0.1, 0.15) is 36.5 Å². The van der Waals surface area contributed by atoms with Crippen molar-refractivity contribution in [1.29, 1.82) is 5.26 Å². The molecule has 2 rings (SSSR count). The third-order valence-electron chi connectivity index (χ3n) is 3.96. The van der Waals surface area contributed by atoms with Crippen molar-refractivity contribution >= 4 is 17.3 Å². The number of hydrogen-bond donors (Lipinski definition) is 2. The average Bonchev–Trinajstić information content (AvgIpc) is 2.58. The predicted octanol–water partition coefficient (Wildman–Crippen LogP) is 4.88. The summed E-state index contributed by atoms with van der Waals surface area (Å²) in [7, 11) is 0. The number of nitrogens with one attached hydrogen (secondary N) is 2. The van der Waals surface area contributed by atoms with Gasteiger partial charge >= 0.3 is 0 Å². The summed E-state index contributed by atoms with van der Waals surface area (Å²) in [4.78, 5) is 12.4. The van der Waals surface area contributed by atoms with Gasteiger partial charge in [0.2, 0.25) is 0 Å². The number of hydrogen-bond acceptors (Lipinski definition) is 3. The highest BCUT2D eigenvalue weighted by Gasteiger charge is 2.13. The Bertz CT molecular complexity index is 844. The van der Waals surface area contributed by atoms with Gasteiger partial charge in [-0.05, 0) is 48.6 Å². The highest BCUT2D eigenvalue weighted by molar-refractivity contribution is 6.07. The molecule has 0 aromatic heterocycles. The van der Waals surface area contributed by atoms with Crippen LogP contribution in [0.15, 0.2) is 54.2 Å². The van der Waals surface area contributed by atoms with Crippen molar-refractivity contribution in [1.82, 2.24) is 0 Å². The van der Waals surface area contributed by atoms with Gasteiger partial charge in [0.15, 0.2) is 0 Å². The number of aryl methyl sites for hydroxylation is 2. The molecule has 128 valence electrons. The lowest BCUT2D eigenvalue weighted by Crippen LogP contribution is -2.16. The van der Waals surface area contributed by atoms with Gasteiger partial charge in [0.25, 0.3) is 5.91 Å². The molecule has 0 unspecified atom stereocenters. The van der Waals surface area contributed by atoms with Crippen LogP contribution in [-0.2, 0) is 4.79 Å². The second-order valence-corrected chi connectivity index (χ2v) is 6.33. The van der Waals surface area contributed by atoms with Crippen LogP contribution in [-0.4, -0.2) is 5.91 Å². The van der Waals surface area contributed by atoms with Crippen molar-refractivity contribution in [3.05, 3.63) is 70.9 Å². The molecule has 0 heterocycles. The summed E-state index contributed by atoms with van der Waals surface area (Å²) in [6.07, 6.45) is 1.45. The Hall–Kier alpha value is -3.06. The number of carbonyl (C=O) groups excluding carboxylic acids is 1. The van der Waals surface area contributed by atoms with Crippen LogP contribution >= 0.6 is 0 Å². The maximum atomic E-state index is 12.4. The second kappa shape index (κ2) is 8.16. The van der Waals surface area contributed by atoms with Gasteiger partial charge in [-0.15, -0.1) is 0 Å². The van der Waals surface area contributed by atoms with Crippen molar-refractivity contribution in [3.63, 3.8) is 0 Å². The number of para-hydroxylation sites is 1. The van der Waals surface area contributed by atoms with E-state index < -0.39 is 5.91 Å². The van der Waals surface area contributed by atoms with Crippen molar-refractivity contribution in [2.45, 2.75) is 33.6 Å². The molecule has 2 N–H and O–H groups in total. The Morgan fingerprint density at radius 2 is 1.84 bits per heavy atom. The number of nitriles is 1. The number of benzene rings is 2. The van der Waals surface area contributed by atoms with Gasteiger partial charge in [-0.3, -0.25) is 4.79 Å². The summed E-state index contributed by atoms with van der Waals surface area (Å²) >= 11 is 0. The highest BCUT2D eigenvalue weighted by Crippen LogP contribution is 2.24. The van der Waals surface area contributed by atoms with E-state index in [1.54, 1.807) is 0 Å². The van der Waals surface area contributed by atoms with E-state index >= 15 is 0 Å². The lowest BCUT2D eigenvalue weighted by atomic mass is 10.0. The molecule has 4 heteroatoms. The first-order chi connectivity index (χ1) is 11.9. The fourth-order valence-electron chi connectivity index (χ4n) is 2.49. The number of carbonyl (C=O) groups is 1. The first-order valence-electron chi connectivity index (χ1n) is 8.26. The predicted molar refractivity (Wildman–Crippen MR) is 102 cm³/mol. The Morgan fingerprint density at radius 3 is 2.52 bits per heavy atom. The van der Waals surface area contributed by atoms with E-state index in [2.05, 4.69) is 24.5 Å². The number of nitrogens with zero attached hydrogens (tertiary/aromatic N) is 1. The minimum atomic E-state index is -0.423. The maximum absolute atomic E-state index is 12.4. The van der Waals surface area contributed by atoms with E-state index in [1.165, 1.54) is 6.20 Å². The molecule has 0 spiro atoms. The molecule has 2 aromatic rings. The Kier molecular flexibility index (Phi) is 5.97. The second-order valence-electron chi connectivity index (χ2n) is 6.33. The van der Waals surface area contributed by atoms with Crippen LogP contribution in [0, 0.1) is 25.2 Å². The number of rotatable bonds is 5. The summed E-state index contributed by atoms with van der Waals surface area (Å²) in [5.74, 6) is -0.146. The first kappa shape index (κ1) is 18.3. The van der Waals surface area contributed by atoms with Crippen LogP contribution in [0.2, 0.25) is 0 Å². The van der Waals surface area contributed by atoms with Gasteiger partial charge < -0.3 is 10.6 Å². The molecule has 0 aliphatic carbocycles. The topological polar surface area (TPSA) is 64.9 Å². The summed E-state index contributed by atoms with van der Waals surface area (Å²) < 4.78 is 0. The highest BCUT2D eigenvalue weighted by atomic mass is 16.1. The average molecular weight is 333 g/mol. The standard InChI is InChI=1S/C21H23N3O/c1-14(2)18-7-5-6-8-19(18)24-21(25)17(12-22)13-23-20-11-15(3)9-10-16(20)4/h5-11,13-14,23H,1-4H3,(H,24,25)/b17-13-. The zero-order valence-corrected chi connectivity index (χ0v) is 15.1. The molecular formula is C21H23N3O. The van der Waals surface area contributed by atoms with Crippen LogP contribution in [0.25, 0.3) is 0 Å². The van der Waals surface area contributed by atoms with Gasteiger partial charge in [-0.1, -0.05) is 44.2 Å². The number of amides is 1. The molecule has 0 radical (unpaired) electrons. The monoisotopic (exact) mass is 333 g/mol. The maximum Gasteiger partial charge on any atom is 0.267 e.